The highest BCUT2D eigenvalue weighted by molar-refractivity contribution is 7.47. The highest BCUT2D eigenvalue weighted by Gasteiger charge is 2.27. The Kier molecular flexibility index (Phi) is 38.1. The maximum Gasteiger partial charge on any atom is 0.472 e. The van der Waals surface area contributed by atoms with Crippen LogP contribution in [0.3, 0.4) is 0 Å². The average molecular weight is 835 g/mol. The van der Waals surface area contributed by atoms with Gasteiger partial charge in [-0.2, -0.15) is 0 Å². The van der Waals surface area contributed by atoms with E-state index in [9.17, 15) is 19.0 Å². The topological polar surface area (TPSA) is 108 Å². The number of hydrogen-bond donors (Lipinski definition) is 1. The van der Waals surface area contributed by atoms with E-state index >= 15 is 0 Å². The first-order valence-electron chi connectivity index (χ1n) is 22.7. The molecule has 0 aromatic rings. The maximum atomic E-state index is 12.7. The van der Waals surface area contributed by atoms with Crippen LogP contribution in [0.1, 0.15) is 168 Å². The lowest BCUT2D eigenvalue weighted by molar-refractivity contribution is -0.870. The third kappa shape index (κ3) is 43.0. The van der Waals surface area contributed by atoms with E-state index in [-0.39, 0.29) is 26.1 Å². The van der Waals surface area contributed by atoms with Crippen LogP contribution in [0.25, 0.3) is 0 Å². The van der Waals surface area contributed by atoms with E-state index < -0.39 is 32.5 Å². The number of esters is 2. The summed E-state index contributed by atoms with van der Waals surface area (Å²) >= 11 is 0. The first kappa shape index (κ1) is 55.5. The van der Waals surface area contributed by atoms with Gasteiger partial charge in [-0.25, -0.2) is 4.57 Å². The third-order valence-corrected chi connectivity index (χ3v) is 10.2. The van der Waals surface area contributed by atoms with Gasteiger partial charge in [-0.15, -0.1) is 0 Å². The minimum Gasteiger partial charge on any atom is -0.462 e. The minimum absolute atomic E-state index is 0.0224. The number of phosphoric ester groups is 1. The quantitative estimate of drug-likeness (QED) is 0.0214. The molecule has 0 fully saturated rings. The van der Waals surface area contributed by atoms with Gasteiger partial charge in [0.25, 0.3) is 0 Å². The maximum absolute atomic E-state index is 12.7. The molecule has 0 heterocycles. The summed E-state index contributed by atoms with van der Waals surface area (Å²) in [6, 6.07) is 0. The Balaban J connectivity index is 4.41. The Morgan fingerprint density at radius 2 is 0.983 bits per heavy atom. The molecule has 0 aromatic heterocycles. The average Bonchev–Trinajstić information content (AvgIpc) is 3.17. The summed E-state index contributed by atoms with van der Waals surface area (Å²) in [6.45, 7) is 4.23. The van der Waals surface area contributed by atoms with Crippen molar-refractivity contribution in [2.45, 2.75) is 174 Å². The Hall–Kier alpha value is -2.55. The van der Waals surface area contributed by atoms with Gasteiger partial charge in [0.1, 0.15) is 19.8 Å². The Morgan fingerprint density at radius 3 is 1.50 bits per heavy atom. The Labute approximate surface area is 355 Å². The number of phosphoric acid groups is 1. The summed E-state index contributed by atoms with van der Waals surface area (Å²) in [5.74, 6) is -0.844. The van der Waals surface area contributed by atoms with Crippen LogP contribution in [0, 0.1) is 0 Å². The molecule has 0 saturated carbocycles. The SMILES string of the molecule is CC/C=C/C/C=C/C/C=C/C/C=C/C/C=C/CCCCCC(=O)OC[C@H](COP(=O)(O)OCC[N+](C)(C)C)OC(=O)CCCCCCCCCCC/C=C/CCCC. The molecule has 0 bridgehead atoms. The smallest absolute Gasteiger partial charge is 0.462 e. The highest BCUT2D eigenvalue weighted by Crippen LogP contribution is 2.43. The van der Waals surface area contributed by atoms with Crippen molar-refractivity contribution in [2.24, 2.45) is 0 Å². The van der Waals surface area contributed by atoms with Gasteiger partial charge in [-0.1, -0.05) is 151 Å². The predicted octanol–water partition coefficient (Wildman–Crippen LogP) is 13.0. The molecular weight excluding hydrogens is 750 g/mol. The third-order valence-electron chi connectivity index (χ3n) is 9.22. The lowest BCUT2D eigenvalue weighted by Crippen LogP contribution is -2.37. The summed E-state index contributed by atoms with van der Waals surface area (Å²) in [5, 5.41) is 0. The van der Waals surface area contributed by atoms with Crippen molar-refractivity contribution in [3.05, 3.63) is 72.9 Å². The van der Waals surface area contributed by atoms with Crippen LogP contribution in [0.4, 0.5) is 0 Å². The van der Waals surface area contributed by atoms with Gasteiger partial charge in [-0.05, 0) is 77.0 Å². The van der Waals surface area contributed by atoms with Gasteiger partial charge >= 0.3 is 19.8 Å². The summed E-state index contributed by atoms with van der Waals surface area (Å²) in [7, 11) is 1.44. The molecule has 334 valence electrons. The molecule has 0 aliphatic carbocycles. The van der Waals surface area contributed by atoms with Crippen LogP contribution in [-0.2, 0) is 32.7 Å². The molecule has 10 heteroatoms. The van der Waals surface area contributed by atoms with Crippen molar-refractivity contribution in [2.75, 3.05) is 47.5 Å². The molecule has 0 aliphatic heterocycles. The monoisotopic (exact) mass is 835 g/mol. The number of carbonyl (C=O) groups excluding carboxylic acids is 2. The molecule has 0 aliphatic rings. The fourth-order valence-electron chi connectivity index (χ4n) is 5.67. The van der Waals surface area contributed by atoms with Crippen LogP contribution in [0.15, 0.2) is 72.9 Å². The van der Waals surface area contributed by atoms with Crippen LogP contribution < -0.4 is 0 Å². The van der Waals surface area contributed by atoms with Crippen molar-refractivity contribution in [1.82, 2.24) is 0 Å². The van der Waals surface area contributed by atoms with Crippen molar-refractivity contribution >= 4 is 19.8 Å². The fraction of sp³-hybridized carbons (Fsp3) is 0.708. The molecule has 0 radical (unpaired) electrons. The Morgan fingerprint density at radius 1 is 0.552 bits per heavy atom. The summed E-state index contributed by atoms with van der Waals surface area (Å²) in [6.07, 6.45) is 49.4. The van der Waals surface area contributed by atoms with Crippen molar-refractivity contribution in [1.29, 1.82) is 0 Å². The van der Waals surface area contributed by atoms with Crippen LogP contribution in [-0.4, -0.2) is 74.9 Å². The van der Waals surface area contributed by atoms with Crippen molar-refractivity contribution in [3.63, 3.8) is 0 Å². The lowest BCUT2D eigenvalue weighted by atomic mass is 10.1. The number of likely N-dealkylation sites (N-methyl/N-ethyl adjacent to an activating group) is 1. The fourth-order valence-corrected chi connectivity index (χ4v) is 6.41. The molecule has 0 aromatic carbocycles. The second-order valence-corrected chi connectivity index (χ2v) is 17.5. The standard InChI is InChI=1S/C48H84NO8P/c1-6-8-10-12-14-16-18-20-22-23-24-25-27-28-30-32-34-36-38-40-47(50)54-44-46(45-56-58(52,53)55-43-42-49(3,4)5)57-48(51)41-39-37-35-33-31-29-26-21-19-17-15-13-11-9-7-2/h8,10,13-16,20,22,24-25,28,30,46H,6-7,9,11-12,17-19,21,23,26-27,29,31-45H2,1-5H3/p+1/b10-8+,15-13+,16-14+,22-20+,25-24+,30-28+/t46-/m1/s1. The number of quaternary nitrogens is 1. The zero-order valence-electron chi connectivity index (χ0n) is 37.5. The number of rotatable bonds is 40. The summed E-state index contributed by atoms with van der Waals surface area (Å²) in [5.41, 5.74) is 0. The molecular formula is C48H85NO8P+. The second-order valence-electron chi connectivity index (χ2n) is 16.0. The van der Waals surface area contributed by atoms with Gasteiger partial charge in [0.05, 0.1) is 27.7 Å². The molecule has 0 saturated heterocycles. The number of allylic oxidation sites excluding steroid dienone is 12. The van der Waals surface area contributed by atoms with Crippen LogP contribution in [0.5, 0.6) is 0 Å². The highest BCUT2D eigenvalue weighted by atomic mass is 31.2. The number of carbonyl (C=O) groups is 2. The first-order chi connectivity index (χ1) is 28.0. The minimum atomic E-state index is -4.39. The van der Waals surface area contributed by atoms with E-state index in [2.05, 4.69) is 86.8 Å². The lowest BCUT2D eigenvalue weighted by Gasteiger charge is -2.24. The number of nitrogens with zero attached hydrogens (tertiary/aromatic N) is 1. The molecule has 9 nitrogen and oxygen atoms in total. The van der Waals surface area contributed by atoms with Gasteiger partial charge in [-0.3, -0.25) is 18.6 Å². The van der Waals surface area contributed by atoms with E-state index in [1.807, 2.05) is 21.1 Å². The summed E-state index contributed by atoms with van der Waals surface area (Å²) in [4.78, 5) is 35.4. The molecule has 58 heavy (non-hydrogen) atoms. The number of unbranched alkanes of at least 4 members (excludes halogenated alkanes) is 14. The van der Waals surface area contributed by atoms with E-state index in [1.165, 1.54) is 57.8 Å². The molecule has 1 N–H and O–H groups in total. The largest absolute Gasteiger partial charge is 0.472 e. The number of hydrogen-bond acceptors (Lipinski definition) is 7. The molecule has 0 rings (SSSR count). The molecule has 0 amide bonds. The van der Waals surface area contributed by atoms with Gasteiger partial charge in [0, 0.05) is 12.8 Å². The molecule has 2 atom stereocenters. The van der Waals surface area contributed by atoms with Crippen LogP contribution >= 0.6 is 7.82 Å². The molecule has 1 unspecified atom stereocenters. The van der Waals surface area contributed by atoms with Crippen molar-refractivity contribution < 1.29 is 42.1 Å². The van der Waals surface area contributed by atoms with E-state index in [0.29, 0.717) is 23.9 Å². The Bertz CT molecular complexity index is 1220. The zero-order chi connectivity index (χ0) is 42.8. The van der Waals surface area contributed by atoms with Crippen LogP contribution in [0.2, 0.25) is 0 Å². The van der Waals surface area contributed by atoms with Gasteiger partial charge in [0.15, 0.2) is 6.10 Å². The summed E-state index contributed by atoms with van der Waals surface area (Å²) < 4.78 is 34.3. The zero-order valence-corrected chi connectivity index (χ0v) is 38.4. The van der Waals surface area contributed by atoms with E-state index in [1.54, 1.807) is 0 Å². The first-order valence-corrected chi connectivity index (χ1v) is 24.2. The van der Waals surface area contributed by atoms with Gasteiger partial charge < -0.3 is 18.9 Å². The van der Waals surface area contributed by atoms with Gasteiger partial charge in [0.2, 0.25) is 0 Å². The van der Waals surface area contributed by atoms with E-state index in [4.69, 9.17) is 18.5 Å². The normalized spacial score (nSPS) is 14.2. The van der Waals surface area contributed by atoms with E-state index in [0.717, 1.165) is 70.6 Å². The van der Waals surface area contributed by atoms with Crippen molar-refractivity contribution in [3.8, 4) is 0 Å². The second kappa shape index (κ2) is 39.9. The predicted molar refractivity (Wildman–Crippen MR) is 242 cm³/mol. The molecule has 0 spiro atoms. The number of ether oxygens (including phenoxy) is 2.